The summed E-state index contributed by atoms with van der Waals surface area (Å²) in [6.45, 7) is 1.78. The van der Waals surface area contributed by atoms with Gasteiger partial charge in [0.05, 0.1) is 17.1 Å². The molecule has 7 nitrogen and oxygen atoms in total. The van der Waals surface area contributed by atoms with Gasteiger partial charge in [0.25, 0.3) is 5.69 Å². The molecule has 0 aliphatic rings. The Bertz CT molecular complexity index is 886. The number of rotatable bonds is 7. The fourth-order valence-corrected chi connectivity index (χ4v) is 2.82. The molecule has 0 spiro atoms. The Hall–Kier alpha value is -2.64. The molecular formula is C18H16Cl2N2O5. The van der Waals surface area contributed by atoms with Crippen LogP contribution in [0.1, 0.15) is 29.3 Å². The fraction of sp³-hybridized carbons (Fsp3) is 0.222. The Morgan fingerprint density at radius 3 is 2.56 bits per heavy atom. The Balaban J connectivity index is 2.10. The first-order valence-corrected chi connectivity index (χ1v) is 8.76. The summed E-state index contributed by atoms with van der Waals surface area (Å²) in [5.41, 5.74) is 0.386. The van der Waals surface area contributed by atoms with Gasteiger partial charge in [-0.1, -0.05) is 29.3 Å². The van der Waals surface area contributed by atoms with Crippen LogP contribution in [0.25, 0.3) is 0 Å². The lowest BCUT2D eigenvalue weighted by atomic mass is 10.1. The number of ether oxygens (including phenoxy) is 1. The molecule has 142 valence electrons. The van der Waals surface area contributed by atoms with Gasteiger partial charge in [-0.15, -0.1) is 0 Å². The van der Waals surface area contributed by atoms with Crippen molar-refractivity contribution < 1.29 is 19.2 Å². The standard InChI is InChI=1S/C18H16Cl2N2O5/c1-2-27-18(24)12-4-7-15(16(9-12)22(25)26)21-17(23)8-5-11-3-6-13(19)10-14(11)20/h3-4,6-7,9-10H,2,5,8H2,1H3,(H,21,23). The van der Waals surface area contributed by atoms with E-state index >= 15 is 0 Å². The van der Waals surface area contributed by atoms with Gasteiger partial charge in [-0.2, -0.15) is 0 Å². The number of nitro groups is 1. The van der Waals surface area contributed by atoms with Crippen molar-refractivity contribution in [3.8, 4) is 0 Å². The maximum atomic E-state index is 12.2. The number of carbonyl (C=O) groups excluding carboxylic acids is 2. The topological polar surface area (TPSA) is 98.5 Å². The minimum absolute atomic E-state index is 0.000233. The average molecular weight is 411 g/mol. The molecule has 0 bridgehead atoms. The van der Waals surface area contributed by atoms with E-state index in [-0.39, 0.29) is 24.3 Å². The second kappa shape index (κ2) is 9.34. The summed E-state index contributed by atoms with van der Waals surface area (Å²) >= 11 is 11.9. The zero-order valence-electron chi connectivity index (χ0n) is 14.3. The molecule has 0 radical (unpaired) electrons. The van der Waals surface area contributed by atoms with Crippen LogP contribution >= 0.6 is 23.2 Å². The first-order valence-electron chi connectivity index (χ1n) is 8.01. The lowest BCUT2D eigenvalue weighted by Crippen LogP contribution is -2.14. The van der Waals surface area contributed by atoms with E-state index in [0.717, 1.165) is 11.6 Å². The smallest absolute Gasteiger partial charge is 0.338 e. The van der Waals surface area contributed by atoms with Gasteiger partial charge in [0, 0.05) is 22.5 Å². The molecule has 0 aliphatic carbocycles. The normalized spacial score (nSPS) is 10.3. The zero-order chi connectivity index (χ0) is 20.0. The molecule has 0 saturated heterocycles. The highest BCUT2D eigenvalue weighted by molar-refractivity contribution is 6.35. The number of anilines is 1. The number of carbonyl (C=O) groups is 2. The summed E-state index contributed by atoms with van der Waals surface area (Å²) < 4.78 is 4.82. The fourth-order valence-electron chi connectivity index (χ4n) is 2.32. The first-order chi connectivity index (χ1) is 12.8. The number of hydrogen-bond donors (Lipinski definition) is 1. The van der Waals surface area contributed by atoms with Crippen molar-refractivity contribution in [2.75, 3.05) is 11.9 Å². The summed E-state index contributed by atoms with van der Waals surface area (Å²) in [4.78, 5) is 34.5. The van der Waals surface area contributed by atoms with E-state index in [1.165, 1.54) is 12.1 Å². The van der Waals surface area contributed by atoms with E-state index in [0.29, 0.717) is 16.5 Å². The van der Waals surface area contributed by atoms with Crippen molar-refractivity contribution in [1.29, 1.82) is 0 Å². The second-order valence-electron chi connectivity index (χ2n) is 5.49. The van der Waals surface area contributed by atoms with Crippen molar-refractivity contribution in [3.63, 3.8) is 0 Å². The highest BCUT2D eigenvalue weighted by Gasteiger charge is 2.20. The highest BCUT2D eigenvalue weighted by Crippen LogP contribution is 2.27. The molecule has 0 aliphatic heterocycles. The molecule has 2 rings (SSSR count). The average Bonchev–Trinajstić information content (AvgIpc) is 2.61. The SMILES string of the molecule is CCOC(=O)c1ccc(NC(=O)CCc2ccc(Cl)cc2Cl)c([N+](=O)[O-])c1. The molecule has 0 aromatic heterocycles. The number of nitrogens with zero attached hydrogens (tertiary/aromatic N) is 1. The highest BCUT2D eigenvalue weighted by atomic mass is 35.5. The monoisotopic (exact) mass is 410 g/mol. The molecule has 0 heterocycles. The van der Waals surface area contributed by atoms with E-state index in [9.17, 15) is 19.7 Å². The molecule has 0 saturated carbocycles. The Labute approximate surface area is 165 Å². The van der Waals surface area contributed by atoms with Crippen molar-refractivity contribution in [2.45, 2.75) is 19.8 Å². The summed E-state index contributed by atoms with van der Waals surface area (Å²) in [6.07, 6.45) is 0.411. The molecule has 9 heteroatoms. The van der Waals surface area contributed by atoms with Gasteiger partial charge < -0.3 is 10.1 Å². The van der Waals surface area contributed by atoms with Crippen LogP contribution in [0.5, 0.6) is 0 Å². The van der Waals surface area contributed by atoms with Crippen LogP contribution in [-0.4, -0.2) is 23.4 Å². The molecule has 0 unspecified atom stereocenters. The van der Waals surface area contributed by atoms with Gasteiger partial charge in [0.15, 0.2) is 0 Å². The first kappa shape index (κ1) is 20.7. The number of benzene rings is 2. The molecule has 2 aromatic carbocycles. The van der Waals surface area contributed by atoms with E-state index < -0.39 is 22.5 Å². The van der Waals surface area contributed by atoms with Crippen molar-refractivity contribution in [3.05, 3.63) is 67.7 Å². The molecule has 1 amide bonds. The maximum absolute atomic E-state index is 12.2. The largest absolute Gasteiger partial charge is 0.462 e. The van der Waals surface area contributed by atoms with Crippen LogP contribution in [0.3, 0.4) is 0 Å². The minimum Gasteiger partial charge on any atom is -0.462 e. The third-order valence-corrected chi connectivity index (χ3v) is 4.20. The van der Waals surface area contributed by atoms with E-state index in [2.05, 4.69) is 5.32 Å². The van der Waals surface area contributed by atoms with Gasteiger partial charge in [0.1, 0.15) is 5.69 Å². The van der Waals surface area contributed by atoms with E-state index in [1.807, 2.05) is 0 Å². The third kappa shape index (κ3) is 5.67. The van der Waals surface area contributed by atoms with E-state index in [1.54, 1.807) is 25.1 Å². The van der Waals surface area contributed by atoms with Crippen molar-refractivity contribution in [1.82, 2.24) is 0 Å². The predicted molar refractivity (Wildman–Crippen MR) is 102 cm³/mol. The number of nitrogens with one attached hydrogen (secondary N) is 1. The third-order valence-electron chi connectivity index (χ3n) is 3.62. The number of amides is 1. The number of aryl methyl sites for hydroxylation is 1. The Kier molecular flexibility index (Phi) is 7.15. The number of esters is 1. The molecule has 27 heavy (non-hydrogen) atoms. The zero-order valence-corrected chi connectivity index (χ0v) is 15.8. The Morgan fingerprint density at radius 1 is 1.19 bits per heavy atom. The van der Waals surface area contributed by atoms with Gasteiger partial charge in [-0.25, -0.2) is 4.79 Å². The summed E-state index contributed by atoms with van der Waals surface area (Å²) in [7, 11) is 0. The van der Waals surface area contributed by atoms with Crippen molar-refractivity contribution >= 4 is 46.5 Å². The van der Waals surface area contributed by atoms with Crippen LogP contribution in [0.2, 0.25) is 10.0 Å². The number of nitro benzene ring substituents is 1. The molecule has 0 fully saturated rings. The Morgan fingerprint density at radius 2 is 1.93 bits per heavy atom. The van der Waals surface area contributed by atoms with Crippen LogP contribution < -0.4 is 5.32 Å². The van der Waals surface area contributed by atoms with E-state index in [4.69, 9.17) is 27.9 Å². The molecule has 0 atom stereocenters. The number of halogens is 2. The van der Waals surface area contributed by atoms with Gasteiger partial charge in [-0.05, 0) is 43.2 Å². The minimum atomic E-state index is -0.672. The maximum Gasteiger partial charge on any atom is 0.338 e. The predicted octanol–water partition coefficient (Wildman–Crippen LogP) is 4.65. The summed E-state index contributed by atoms with van der Waals surface area (Å²) in [5, 5.41) is 14.7. The summed E-state index contributed by atoms with van der Waals surface area (Å²) in [5.74, 6) is -1.09. The van der Waals surface area contributed by atoms with Crippen LogP contribution in [0, 0.1) is 10.1 Å². The molecular weight excluding hydrogens is 395 g/mol. The lowest BCUT2D eigenvalue weighted by Gasteiger charge is -2.08. The van der Waals surface area contributed by atoms with Crippen LogP contribution in [-0.2, 0) is 16.0 Å². The second-order valence-corrected chi connectivity index (χ2v) is 6.34. The molecule has 2 aromatic rings. The quantitative estimate of drug-likeness (QED) is 0.406. The molecule has 1 N–H and O–H groups in total. The number of hydrogen-bond acceptors (Lipinski definition) is 5. The summed E-state index contributed by atoms with van der Waals surface area (Å²) in [6, 6.07) is 8.70. The lowest BCUT2D eigenvalue weighted by molar-refractivity contribution is -0.384. The van der Waals surface area contributed by atoms with Crippen LogP contribution in [0.15, 0.2) is 36.4 Å². The van der Waals surface area contributed by atoms with Gasteiger partial charge >= 0.3 is 5.97 Å². The van der Waals surface area contributed by atoms with Crippen LogP contribution in [0.4, 0.5) is 11.4 Å². The van der Waals surface area contributed by atoms with Crippen molar-refractivity contribution in [2.24, 2.45) is 0 Å². The van der Waals surface area contributed by atoms with Gasteiger partial charge in [-0.3, -0.25) is 14.9 Å². The van der Waals surface area contributed by atoms with Gasteiger partial charge in [0.2, 0.25) is 5.91 Å².